The maximum Gasteiger partial charge on any atom is 0.326 e. The van der Waals surface area contributed by atoms with Gasteiger partial charge in [0.2, 0.25) is 0 Å². The van der Waals surface area contributed by atoms with Crippen LogP contribution in [0.4, 0.5) is 0 Å². The lowest BCUT2D eigenvalue weighted by Gasteiger charge is -2.36. The minimum Gasteiger partial charge on any atom is -0.497 e. The van der Waals surface area contributed by atoms with Crippen LogP contribution in [0.2, 0.25) is 0 Å². The highest BCUT2D eigenvalue weighted by molar-refractivity contribution is 5.82. The molecule has 5 heteroatoms. The number of hydrogen-bond acceptors (Lipinski definition) is 5. The summed E-state index contributed by atoms with van der Waals surface area (Å²) in [5.74, 6) is 0.596. The highest BCUT2D eigenvalue weighted by Gasteiger charge is 2.42. The molecule has 0 spiro atoms. The molecule has 116 valence electrons. The first-order valence-electron chi connectivity index (χ1n) is 7.13. The van der Waals surface area contributed by atoms with Crippen LogP contribution >= 0.6 is 0 Å². The second kappa shape index (κ2) is 6.91. The molecule has 1 aliphatic carbocycles. The molecular weight excluding hydrogens is 270 g/mol. The van der Waals surface area contributed by atoms with Gasteiger partial charge in [-0.15, -0.1) is 0 Å². The smallest absolute Gasteiger partial charge is 0.326 e. The molecule has 1 aromatic carbocycles. The second-order valence-electron chi connectivity index (χ2n) is 5.30. The zero-order valence-electron chi connectivity index (χ0n) is 12.9. The minimum absolute atomic E-state index is 0.216. The van der Waals surface area contributed by atoms with Gasteiger partial charge in [0.25, 0.3) is 0 Å². The second-order valence-corrected chi connectivity index (χ2v) is 5.30. The summed E-state index contributed by atoms with van der Waals surface area (Å²) in [6, 6.07) is 6.04. The molecule has 0 heterocycles. The molecule has 0 fully saturated rings. The molecule has 1 aliphatic rings. The van der Waals surface area contributed by atoms with Gasteiger partial charge in [-0.2, -0.15) is 0 Å². The third kappa shape index (κ3) is 3.36. The lowest BCUT2D eigenvalue weighted by atomic mass is 9.77. The predicted octanol–water partition coefficient (Wildman–Crippen LogP) is 1.33. The number of benzene rings is 1. The average molecular weight is 293 g/mol. The highest BCUT2D eigenvalue weighted by Crippen LogP contribution is 2.32. The zero-order valence-corrected chi connectivity index (χ0v) is 12.9. The summed E-state index contributed by atoms with van der Waals surface area (Å²) in [5, 5.41) is 3.32. The first kappa shape index (κ1) is 15.8. The summed E-state index contributed by atoms with van der Waals surface area (Å²) in [6.07, 6.45) is 2.17. The number of carbonyl (C=O) groups is 1. The zero-order chi connectivity index (χ0) is 15.3. The summed E-state index contributed by atoms with van der Waals surface area (Å²) in [6.45, 7) is 1.18. The third-order valence-electron chi connectivity index (χ3n) is 4.07. The number of hydrogen-bond donors (Lipinski definition) is 1. The van der Waals surface area contributed by atoms with Gasteiger partial charge in [0, 0.05) is 20.1 Å². The Bertz CT molecular complexity index is 503. The number of rotatable bonds is 6. The summed E-state index contributed by atoms with van der Waals surface area (Å²) < 4.78 is 15.4. The van der Waals surface area contributed by atoms with Crippen molar-refractivity contribution in [2.45, 2.75) is 24.8 Å². The normalized spacial score (nSPS) is 20.7. The molecular formula is C16H23NO4. The standard InChI is InChI=1S/C16H23NO4/c1-19-9-8-17-16(15(18)21-3)7-6-12-4-5-14(20-2)10-13(12)11-16/h4-5,10,17H,6-9,11H2,1-3H3. The summed E-state index contributed by atoms with van der Waals surface area (Å²) >= 11 is 0. The van der Waals surface area contributed by atoms with E-state index in [4.69, 9.17) is 14.2 Å². The molecule has 21 heavy (non-hydrogen) atoms. The van der Waals surface area contributed by atoms with Gasteiger partial charge in [0.15, 0.2) is 0 Å². The van der Waals surface area contributed by atoms with Gasteiger partial charge in [-0.3, -0.25) is 10.1 Å². The summed E-state index contributed by atoms with van der Waals surface area (Å²) in [4.78, 5) is 12.3. The van der Waals surface area contributed by atoms with Crippen molar-refractivity contribution in [3.05, 3.63) is 29.3 Å². The summed E-state index contributed by atoms with van der Waals surface area (Å²) in [5.41, 5.74) is 1.73. The van der Waals surface area contributed by atoms with Gasteiger partial charge in [0.05, 0.1) is 20.8 Å². The molecule has 0 aromatic heterocycles. The Morgan fingerprint density at radius 3 is 2.76 bits per heavy atom. The van der Waals surface area contributed by atoms with Crippen LogP contribution in [-0.2, 0) is 27.1 Å². The lowest BCUT2D eigenvalue weighted by Crippen LogP contribution is -2.57. The maximum absolute atomic E-state index is 12.3. The number of fused-ring (bicyclic) bond motifs is 1. The number of nitrogens with one attached hydrogen (secondary N) is 1. The van der Waals surface area contributed by atoms with E-state index >= 15 is 0 Å². The summed E-state index contributed by atoms with van der Waals surface area (Å²) in [7, 11) is 4.73. The molecule has 1 N–H and O–H groups in total. The van der Waals surface area contributed by atoms with Crippen molar-refractivity contribution < 1.29 is 19.0 Å². The number of aryl methyl sites for hydroxylation is 1. The van der Waals surface area contributed by atoms with E-state index in [1.807, 2.05) is 12.1 Å². The Morgan fingerprint density at radius 2 is 2.10 bits per heavy atom. The number of methoxy groups -OCH3 is 3. The van der Waals surface area contributed by atoms with Crippen molar-refractivity contribution in [1.29, 1.82) is 0 Å². The Hall–Kier alpha value is -1.59. The van der Waals surface area contributed by atoms with Crippen LogP contribution < -0.4 is 10.1 Å². The van der Waals surface area contributed by atoms with Crippen LogP contribution in [0.15, 0.2) is 18.2 Å². The SMILES string of the molecule is COCCNC1(C(=O)OC)CCc2ccc(OC)cc2C1. The van der Waals surface area contributed by atoms with Crippen LogP contribution in [0.25, 0.3) is 0 Å². The van der Waals surface area contributed by atoms with Crippen LogP contribution in [0.1, 0.15) is 17.5 Å². The van der Waals surface area contributed by atoms with Crippen molar-refractivity contribution in [2.75, 3.05) is 34.5 Å². The van der Waals surface area contributed by atoms with Crippen molar-refractivity contribution in [3.8, 4) is 5.75 Å². The Balaban J connectivity index is 2.24. The molecule has 0 radical (unpaired) electrons. The first-order valence-corrected chi connectivity index (χ1v) is 7.13. The molecule has 2 rings (SSSR count). The number of carbonyl (C=O) groups excluding carboxylic acids is 1. The average Bonchev–Trinajstić information content (AvgIpc) is 2.53. The van der Waals surface area contributed by atoms with Crippen molar-refractivity contribution in [1.82, 2.24) is 5.32 Å². The fraction of sp³-hybridized carbons (Fsp3) is 0.562. The topological polar surface area (TPSA) is 56.8 Å². The van der Waals surface area contributed by atoms with E-state index in [1.165, 1.54) is 12.7 Å². The number of esters is 1. The van der Waals surface area contributed by atoms with Crippen LogP contribution in [0.3, 0.4) is 0 Å². The molecule has 1 atom stereocenters. The van der Waals surface area contributed by atoms with Gasteiger partial charge in [-0.25, -0.2) is 0 Å². The number of ether oxygens (including phenoxy) is 3. The Labute approximate surface area is 125 Å². The van der Waals surface area contributed by atoms with Gasteiger partial charge >= 0.3 is 5.97 Å². The molecule has 0 bridgehead atoms. The molecule has 1 unspecified atom stereocenters. The van der Waals surface area contributed by atoms with E-state index < -0.39 is 5.54 Å². The maximum atomic E-state index is 12.3. The fourth-order valence-corrected chi connectivity index (χ4v) is 2.88. The van der Waals surface area contributed by atoms with E-state index in [9.17, 15) is 4.79 Å². The van der Waals surface area contributed by atoms with E-state index in [2.05, 4.69) is 11.4 Å². The largest absolute Gasteiger partial charge is 0.497 e. The third-order valence-corrected chi connectivity index (χ3v) is 4.07. The van der Waals surface area contributed by atoms with Crippen molar-refractivity contribution in [3.63, 3.8) is 0 Å². The first-order chi connectivity index (χ1) is 10.1. The Kier molecular flexibility index (Phi) is 5.20. The predicted molar refractivity (Wildman–Crippen MR) is 79.6 cm³/mol. The fourth-order valence-electron chi connectivity index (χ4n) is 2.88. The molecule has 0 aliphatic heterocycles. The molecule has 0 amide bonds. The quantitative estimate of drug-likeness (QED) is 0.633. The van der Waals surface area contributed by atoms with E-state index in [0.29, 0.717) is 19.6 Å². The van der Waals surface area contributed by atoms with E-state index in [0.717, 1.165) is 24.2 Å². The molecule has 0 saturated carbocycles. The van der Waals surface area contributed by atoms with Crippen molar-refractivity contribution in [2.24, 2.45) is 0 Å². The van der Waals surface area contributed by atoms with Crippen LogP contribution in [0, 0.1) is 0 Å². The molecule has 5 nitrogen and oxygen atoms in total. The van der Waals surface area contributed by atoms with E-state index in [1.54, 1.807) is 14.2 Å². The molecule has 1 aromatic rings. The van der Waals surface area contributed by atoms with Gasteiger partial charge in [-0.1, -0.05) is 6.07 Å². The van der Waals surface area contributed by atoms with Gasteiger partial charge in [-0.05, 0) is 36.1 Å². The van der Waals surface area contributed by atoms with Gasteiger partial charge in [0.1, 0.15) is 11.3 Å². The monoisotopic (exact) mass is 293 g/mol. The molecule has 0 saturated heterocycles. The van der Waals surface area contributed by atoms with E-state index in [-0.39, 0.29) is 5.97 Å². The lowest BCUT2D eigenvalue weighted by molar-refractivity contribution is -0.149. The highest BCUT2D eigenvalue weighted by atomic mass is 16.5. The Morgan fingerprint density at radius 1 is 1.29 bits per heavy atom. The minimum atomic E-state index is -0.674. The van der Waals surface area contributed by atoms with Gasteiger partial charge < -0.3 is 14.2 Å². The van der Waals surface area contributed by atoms with Crippen molar-refractivity contribution >= 4 is 5.97 Å². The van der Waals surface area contributed by atoms with Crippen LogP contribution in [0.5, 0.6) is 5.75 Å². The van der Waals surface area contributed by atoms with Crippen LogP contribution in [-0.4, -0.2) is 46.0 Å².